The van der Waals surface area contributed by atoms with Crippen LogP contribution < -0.4 is 0 Å². The van der Waals surface area contributed by atoms with E-state index in [4.69, 9.17) is 23.2 Å². The number of benzene rings is 2. The molecule has 1 nitrogen and oxygen atoms in total. The minimum absolute atomic E-state index is 0.579. The predicted molar refractivity (Wildman–Crippen MR) is 81.2 cm³/mol. The molecule has 0 radical (unpaired) electrons. The van der Waals surface area contributed by atoms with Crippen LogP contribution in [0.1, 0.15) is 33.9 Å². The van der Waals surface area contributed by atoms with Crippen LogP contribution in [-0.4, -0.2) is 5.11 Å². The van der Waals surface area contributed by atoms with Gasteiger partial charge in [-0.2, -0.15) is 0 Å². The lowest BCUT2D eigenvalue weighted by Gasteiger charge is -2.17. The Morgan fingerprint density at radius 2 is 1.47 bits per heavy atom. The van der Waals surface area contributed by atoms with E-state index in [1.807, 2.05) is 45.0 Å². The lowest BCUT2D eigenvalue weighted by molar-refractivity contribution is 0.219. The summed E-state index contributed by atoms with van der Waals surface area (Å²) in [5.41, 5.74) is 4.72. The van der Waals surface area contributed by atoms with Crippen molar-refractivity contribution < 1.29 is 5.11 Å². The van der Waals surface area contributed by atoms with E-state index in [0.717, 1.165) is 27.8 Å². The third-order valence-electron chi connectivity index (χ3n) is 3.44. The number of hydrogen-bond acceptors (Lipinski definition) is 1. The molecule has 0 amide bonds. The van der Waals surface area contributed by atoms with E-state index in [1.165, 1.54) is 0 Å². The first-order valence-electron chi connectivity index (χ1n) is 6.11. The molecular formula is C16H16Cl2O. The van der Waals surface area contributed by atoms with Gasteiger partial charge in [-0.1, -0.05) is 35.3 Å². The first-order chi connectivity index (χ1) is 8.90. The summed E-state index contributed by atoms with van der Waals surface area (Å²) in [7, 11) is 0. The van der Waals surface area contributed by atoms with Gasteiger partial charge in [0.25, 0.3) is 0 Å². The van der Waals surface area contributed by atoms with Crippen LogP contribution in [0.3, 0.4) is 0 Å². The van der Waals surface area contributed by atoms with Crippen molar-refractivity contribution in [3.63, 3.8) is 0 Å². The molecule has 0 aliphatic rings. The zero-order valence-electron chi connectivity index (χ0n) is 11.2. The van der Waals surface area contributed by atoms with E-state index in [0.29, 0.717) is 10.0 Å². The second kappa shape index (κ2) is 5.54. The van der Waals surface area contributed by atoms with Gasteiger partial charge in [-0.05, 0) is 61.2 Å². The zero-order chi connectivity index (χ0) is 14.2. The highest BCUT2D eigenvalue weighted by Gasteiger charge is 2.17. The fourth-order valence-electron chi connectivity index (χ4n) is 2.09. The molecule has 0 bridgehead atoms. The van der Waals surface area contributed by atoms with Crippen molar-refractivity contribution in [3.8, 4) is 0 Å². The first-order valence-corrected chi connectivity index (χ1v) is 6.86. The van der Waals surface area contributed by atoms with Crippen LogP contribution in [-0.2, 0) is 0 Å². The maximum atomic E-state index is 10.6. The Bertz CT molecular complexity index is 620. The van der Waals surface area contributed by atoms with Gasteiger partial charge in [0, 0.05) is 15.6 Å². The number of halogens is 2. The topological polar surface area (TPSA) is 20.2 Å². The lowest BCUT2D eigenvalue weighted by Crippen LogP contribution is -2.04. The van der Waals surface area contributed by atoms with Gasteiger partial charge in [0.1, 0.15) is 6.10 Å². The smallest absolute Gasteiger partial charge is 0.106 e. The minimum atomic E-state index is -0.759. The molecular weight excluding hydrogens is 279 g/mol. The van der Waals surface area contributed by atoms with Crippen molar-refractivity contribution in [3.05, 3.63) is 68.2 Å². The molecule has 100 valence electrons. The highest BCUT2D eigenvalue weighted by Crippen LogP contribution is 2.33. The second-order valence-electron chi connectivity index (χ2n) is 4.86. The van der Waals surface area contributed by atoms with E-state index in [-0.39, 0.29) is 0 Å². The van der Waals surface area contributed by atoms with E-state index >= 15 is 0 Å². The fourth-order valence-corrected chi connectivity index (χ4v) is 2.59. The van der Waals surface area contributed by atoms with Gasteiger partial charge >= 0.3 is 0 Å². The summed E-state index contributed by atoms with van der Waals surface area (Å²) in [6, 6.07) is 9.32. The quantitative estimate of drug-likeness (QED) is 0.826. The molecule has 0 aliphatic heterocycles. The van der Waals surface area contributed by atoms with Crippen LogP contribution in [0.5, 0.6) is 0 Å². The summed E-state index contributed by atoms with van der Waals surface area (Å²) in [4.78, 5) is 0. The van der Waals surface area contributed by atoms with Gasteiger partial charge in [0.15, 0.2) is 0 Å². The second-order valence-corrected chi connectivity index (χ2v) is 5.71. The molecule has 3 heteroatoms. The van der Waals surface area contributed by atoms with Gasteiger partial charge in [0.05, 0.1) is 0 Å². The average Bonchev–Trinajstić information content (AvgIpc) is 2.36. The number of aliphatic hydroxyl groups is 1. The van der Waals surface area contributed by atoms with Gasteiger partial charge < -0.3 is 5.11 Å². The standard InChI is InChI=1S/C16H16Cl2O/c1-9-4-5-12(17)8-13(9)16(19)14-6-10(2)11(3)7-15(14)18/h4-8,16,19H,1-3H3. The molecule has 0 heterocycles. The summed E-state index contributed by atoms with van der Waals surface area (Å²) < 4.78 is 0. The summed E-state index contributed by atoms with van der Waals surface area (Å²) in [5.74, 6) is 0. The van der Waals surface area contributed by atoms with Crippen molar-refractivity contribution in [1.82, 2.24) is 0 Å². The van der Waals surface area contributed by atoms with Gasteiger partial charge in [0.2, 0.25) is 0 Å². The molecule has 0 fully saturated rings. The Balaban J connectivity index is 2.52. The third-order valence-corrected chi connectivity index (χ3v) is 4.01. The molecule has 0 saturated heterocycles. The molecule has 0 aromatic heterocycles. The maximum Gasteiger partial charge on any atom is 0.106 e. The Morgan fingerprint density at radius 3 is 2.16 bits per heavy atom. The van der Waals surface area contributed by atoms with Crippen LogP contribution in [0.2, 0.25) is 10.0 Å². The highest BCUT2D eigenvalue weighted by atomic mass is 35.5. The van der Waals surface area contributed by atoms with Crippen LogP contribution in [0, 0.1) is 20.8 Å². The normalized spacial score (nSPS) is 12.5. The molecule has 2 aromatic carbocycles. The average molecular weight is 295 g/mol. The summed E-state index contributed by atoms with van der Waals surface area (Å²) in [5, 5.41) is 11.7. The van der Waals surface area contributed by atoms with Crippen molar-refractivity contribution in [1.29, 1.82) is 0 Å². The molecule has 2 aromatic rings. The molecule has 1 atom stereocenters. The maximum absolute atomic E-state index is 10.6. The molecule has 19 heavy (non-hydrogen) atoms. The molecule has 1 unspecified atom stereocenters. The lowest BCUT2D eigenvalue weighted by atomic mass is 9.95. The molecule has 0 aliphatic carbocycles. The molecule has 0 spiro atoms. The van der Waals surface area contributed by atoms with Crippen LogP contribution in [0.25, 0.3) is 0 Å². The Morgan fingerprint density at radius 1 is 0.842 bits per heavy atom. The van der Waals surface area contributed by atoms with E-state index in [9.17, 15) is 5.11 Å². The number of aliphatic hydroxyl groups excluding tert-OH is 1. The Kier molecular flexibility index (Phi) is 4.19. The minimum Gasteiger partial charge on any atom is -0.384 e. The zero-order valence-corrected chi connectivity index (χ0v) is 12.7. The summed E-state index contributed by atoms with van der Waals surface area (Å²) >= 11 is 12.2. The van der Waals surface area contributed by atoms with E-state index in [1.54, 1.807) is 6.07 Å². The van der Waals surface area contributed by atoms with Crippen molar-refractivity contribution in [2.45, 2.75) is 26.9 Å². The van der Waals surface area contributed by atoms with Gasteiger partial charge in [-0.15, -0.1) is 0 Å². The predicted octanol–water partition coefficient (Wildman–Crippen LogP) is 5.00. The van der Waals surface area contributed by atoms with Crippen LogP contribution in [0.15, 0.2) is 30.3 Å². The molecule has 2 rings (SSSR count). The fraction of sp³-hybridized carbons (Fsp3) is 0.250. The van der Waals surface area contributed by atoms with Gasteiger partial charge in [-0.25, -0.2) is 0 Å². The van der Waals surface area contributed by atoms with Crippen LogP contribution >= 0.6 is 23.2 Å². The number of rotatable bonds is 2. The monoisotopic (exact) mass is 294 g/mol. The molecule has 0 saturated carbocycles. The highest BCUT2D eigenvalue weighted by molar-refractivity contribution is 6.31. The first kappa shape index (κ1) is 14.4. The van der Waals surface area contributed by atoms with Crippen molar-refractivity contribution in [2.75, 3.05) is 0 Å². The molecule has 1 N–H and O–H groups in total. The summed E-state index contributed by atoms with van der Waals surface area (Å²) in [6.45, 7) is 5.96. The van der Waals surface area contributed by atoms with Crippen molar-refractivity contribution in [2.24, 2.45) is 0 Å². The van der Waals surface area contributed by atoms with E-state index in [2.05, 4.69) is 0 Å². The van der Waals surface area contributed by atoms with E-state index < -0.39 is 6.10 Å². The number of aryl methyl sites for hydroxylation is 3. The van der Waals surface area contributed by atoms with Crippen molar-refractivity contribution >= 4 is 23.2 Å². The summed E-state index contributed by atoms with van der Waals surface area (Å²) in [6.07, 6.45) is -0.759. The largest absolute Gasteiger partial charge is 0.384 e. The SMILES string of the molecule is Cc1cc(Cl)c(C(O)c2cc(Cl)ccc2C)cc1C. The number of hydrogen-bond donors (Lipinski definition) is 1. The third kappa shape index (κ3) is 2.94. The Labute approximate surface area is 123 Å². The van der Waals surface area contributed by atoms with Gasteiger partial charge in [-0.3, -0.25) is 0 Å². The van der Waals surface area contributed by atoms with Crippen LogP contribution in [0.4, 0.5) is 0 Å². The Hall–Kier alpha value is -1.02.